The molecule has 0 spiro atoms. The van der Waals surface area contributed by atoms with Gasteiger partial charge in [-0.3, -0.25) is 4.79 Å². The van der Waals surface area contributed by atoms with E-state index in [1.165, 1.54) is 186 Å². The second kappa shape index (κ2) is 29.5. The van der Waals surface area contributed by atoms with Crippen LogP contribution in [0, 0.1) is 5.92 Å². The van der Waals surface area contributed by atoms with E-state index in [4.69, 9.17) is 4.74 Å². The summed E-state index contributed by atoms with van der Waals surface area (Å²) in [6.07, 6.45) is 43.3. The molecule has 0 aromatic heterocycles. The molecule has 0 radical (unpaired) electrons. The molecule has 1 saturated carbocycles. The highest BCUT2D eigenvalue weighted by Gasteiger charge is 2.19. The van der Waals surface area contributed by atoms with Crippen molar-refractivity contribution in [3.63, 3.8) is 0 Å². The summed E-state index contributed by atoms with van der Waals surface area (Å²) in [5, 5.41) is 0. The monoisotopic (exact) mass is 535 g/mol. The SMILES string of the molecule is CCCCCCCCCCCCCCCCCCCCOC(=O)C1CCCCCCCCCCCCCC1. The van der Waals surface area contributed by atoms with Gasteiger partial charge in [-0.2, -0.15) is 0 Å². The minimum Gasteiger partial charge on any atom is -0.465 e. The number of unbranched alkanes of at least 4 members (excludes halogenated alkanes) is 17. The van der Waals surface area contributed by atoms with Gasteiger partial charge in [-0.25, -0.2) is 0 Å². The molecular formula is C36H70O2. The van der Waals surface area contributed by atoms with Crippen LogP contribution in [0.15, 0.2) is 0 Å². The number of hydrogen-bond acceptors (Lipinski definition) is 2. The summed E-state index contributed by atoms with van der Waals surface area (Å²) in [6, 6.07) is 0. The Bertz CT molecular complexity index is 458. The van der Waals surface area contributed by atoms with Crippen LogP contribution >= 0.6 is 0 Å². The summed E-state index contributed by atoms with van der Waals surface area (Å²) in [5.74, 6) is 0.275. The normalized spacial score (nSPS) is 17.1. The molecule has 0 N–H and O–H groups in total. The fraction of sp³-hybridized carbons (Fsp3) is 0.972. The van der Waals surface area contributed by atoms with Crippen molar-refractivity contribution < 1.29 is 9.53 Å². The first-order chi connectivity index (χ1) is 18.8. The lowest BCUT2D eigenvalue weighted by Gasteiger charge is -2.16. The van der Waals surface area contributed by atoms with E-state index in [0.717, 1.165) is 19.3 Å². The molecule has 0 amide bonds. The molecule has 226 valence electrons. The molecule has 0 atom stereocenters. The van der Waals surface area contributed by atoms with Crippen LogP contribution in [0.4, 0.5) is 0 Å². The zero-order valence-electron chi connectivity index (χ0n) is 26.2. The van der Waals surface area contributed by atoms with Crippen LogP contribution in [0.3, 0.4) is 0 Å². The van der Waals surface area contributed by atoms with Crippen molar-refractivity contribution in [1.29, 1.82) is 0 Å². The molecular weight excluding hydrogens is 464 g/mol. The van der Waals surface area contributed by atoms with Gasteiger partial charge in [0.15, 0.2) is 0 Å². The van der Waals surface area contributed by atoms with Gasteiger partial charge < -0.3 is 4.74 Å². The van der Waals surface area contributed by atoms with Crippen LogP contribution in [0.25, 0.3) is 0 Å². The highest BCUT2D eigenvalue weighted by Crippen LogP contribution is 2.22. The average molecular weight is 535 g/mol. The molecule has 1 aliphatic carbocycles. The van der Waals surface area contributed by atoms with Crippen LogP contribution in [-0.2, 0) is 9.53 Å². The van der Waals surface area contributed by atoms with Crippen LogP contribution < -0.4 is 0 Å². The van der Waals surface area contributed by atoms with Gasteiger partial charge in [0.1, 0.15) is 0 Å². The molecule has 2 nitrogen and oxygen atoms in total. The van der Waals surface area contributed by atoms with Crippen LogP contribution in [0.2, 0.25) is 0 Å². The molecule has 0 unspecified atom stereocenters. The summed E-state index contributed by atoms with van der Waals surface area (Å²) in [5.41, 5.74) is 0. The van der Waals surface area contributed by atoms with E-state index in [0.29, 0.717) is 6.61 Å². The molecule has 0 saturated heterocycles. The Kier molecular flexibility index (Phi) is 27.5. The predicted octanol–water partition coefficient (Wildman–Crippen LogP) is 12.7. The van der Waals surface area contributed by atoms with Gasteiger partial charge >= 0.3 is 5.97 Å². The van der Waals surface area contributed by atoms with Crippen molar-refractivity contribution in [3.8, 4) is 0 Å². The lowest BCUT2D eigenvalue weighted by atomic mass is 9.94. The molecule has 38 heavy (non-hydrogen) atoms. The minimum absolute atomic E-state index is 0.112. The van der Waals surface area contributed by atoms with Crippen molar-refractivity contribution >= 4 is 5.97 Å². The number of hydrogen-bond donors (Lipinski definition) is 0. The van der Waals surface area contributed by atoms with Gasteiger partial charge in [-0.05, 0) is 19.3 Å². The fourth-order valence-electron chi connectivity index (χ4n) is 6.22. The van der Waals surface area contributed by atoms with Gasteiger partial charge in [0.2, 0.25) is 0 Å². The van der Waals surface area contributed by atoms with Crippen molar-refractivity contribution in [1.82, 2.24) is 0 Å². The first-order valence-corrected chi connectivity index (χ1v) is 18.0. The molecule has 0 aromatic carbocycles. The molecule has 0 aromatic rings. The number of ether oxygens (including phenoxy) is 1. The lowest BCUT2D eigenvalue weighted by molar-refractivity contribution is -0.149. The second-order valence-electron chi connectivity index (χ2n) is 12.7. The Balaban J connectivity index is 1.92. The Morgan fingerprint density at radius 3 is 1.08 bits per heavy atom. The van der Waals surface area contributed by atoms with E-state index in [2.05, 4.69) is 6.92 Å². The van der Waals surface area contributed by atoms with E-state index in [1.807, 2.05) is 0 Å². The third-order valence-corrected chi connectivity index (χ3v) is 8.93. The van der Waals surface area contributed by atoms with Gasteiger partial charge in [-0.15, -0.1) is 0 Å². The van der Waals surface area contributed by atoms with Crippen molar-refractivity contribution in [2.45, 2.75) is 212 Å². The Morgan fingerprint density at radius 2 is 0.737 bits per heavy atom. The highest BCUT2D eigenvalue weighted by molar-refractivity contribution is 5.72. The summed E-state index contributed by atoms with van der Waals surface area (Å²) >= 11 is 0. The van der Waals surface area contributed by atoms with E-state index in [9.17, 15) is 4.79 Å². The maximum absolute atomic E-state index is 12.8. The number of carbonyl (C=O) groups excluding carboxylic acids is 1. The maximum atomic E-state index is 12.8. The van der Waals surface area contributed by atoms with E-state index in [-0.39, 0.29) is 11.9 Å². The third-order valence-electron chi connectivity index (χ3n) is 8.93. The van der Waals surface area contributed by atoms with Crippen LogP contribution in [0.5, 0.6) is 0 Å². The second-order valence-corrected chi connectivity index (χ2v) is 12.7. The third kappa shape index (κ3) is 24.5. The average Bonchev–Trinajstić information content (AvgIpc) is 2.94. The Hall–Kier alpha value is -0.530. The lowest BCUT2D eigenvalue weighted by Crippen LogP contribution is -2.18. The molecule has 0 heterocycles. The van der Waals surface area contributed by atoms with Crippen molar-refractivity contribution in [2.75, 3.05) is 6.61 Å². The Labute approximate surface area is 240 Å². The molecule has 1 rings (SSSR count). The smallest absolute Gasteiger partial charge is 0.308 e. The van der Waals surface area contributed by atoms with E-state index < -0.39 is 0 Å². The van der Waals surface area contributed by atoms with E-state index >= 15 is 0 Å². The number of esters is 1. The zero-order chi connectivity index (χ0) is 27.2. The number of carbonyl (C=O) groups is 1. The first-order valence-electron chi connectivity index (χ1n) is 18.0. The Morgan fingerprint density at radius 1 is 0.447 bits per heavy atom. The first kappa shape index (κ1) is 35.5. The molecule has 1 aliphatic rings. The van der Waals surface area contributed by atoms with Crippen molar-refractivity contribution in [3.05, 3.63) is 0 Å². The van der Waals surface area contributed by atoms with E-state index in [1.54, 1.807) is 0 Å². The fourth-order valence-corrected chi connectivity index (χ4v) is 6.22. The summed E-state index contributed by atoms with van der Waals surface area (Å²) in [6.45, 7) is 2.94. The highest BCUT2D eigenvalue weighted by atomic mass is 16.5. The largest absolute Gasteiger partial charge is 0.465 e. The standard InChI is InChI=1S/C36H70O2/c1-2-3-4-5-6-7-8-9-10-11-12-13-16-19-22-25-28-31-34-38-36(37)35-32-29-26-23-20-17-14-15-18-21-24-27-30-33-35/h35H,2-34H2,1H3. The molecule has 0 bridgehead atoms. The quantitative estimate of drug-likeness (QED) is 0.115. The summed E-state index contributed by atoms with van der Waals surface area (Å²) in [4.78, 5) is 12.8. The van der Waals surface area contributed by atoms with Gasteiger partial charge in [0, 0.05) is 0 Å². The van der Waals surface area contributed by atoms with Crippen LogP contribution in [0.1, 0.15) is 212 Å². The number of rotatable bonds is 20. The molecule has 0 aliphatic heterocycles. The topological polar surface area (TPSA) is 26.3 Å². The predicted molar refractivity (Wildman–Crippen MR) is 168 cm³/mol. The molecule has 1 fully saturated rings. The molecule has 2 heteroatoms. The minimum atomic E-state index is 0.112. The van der Waals surface area contributed by atoms with Crippen LogP contribution in [-0.4, -0.2) is 12.6 Å². The summed E-state index contributed by atoms with van der Waals surface area (Å²) < 4.78 is 5.76. The maximum Gasteiger partial charge on any atom is 0.308 e. The summed E-state index contributed by atoms with van der Waals surface area (Å²) in [7, 11) is 0. The van der Waals surface area contributed by atoms with Gasteiger partial charge in [0.05, 0.1) is 12.5 Å². The zero-order valence-corrected chi connectivity index (χ0v) is 26.2. The van der Waals surface area contributed by atoms with Gasteiger partial charge in [0.25, 0.3) is 0 Å². The van der Waals surface area contributed by atoms with Crippen molar-refractivity contribution in [2.24, 2.45) is 5.92 Å². The van der Waals surface area contributed by atoms with Gasteiger partial charge in [-0.1, -0.05) is 193 Å².